The average Bonchev–Trinajstić information content (AvgIpc) is 3.48. The summed E-state index contributed by atoms with van der Waals surface area (Å²) in [5.74, 6) is 0.531. The van der Waals surface area contributed by atoms with Crippen molar-refractivity contribution in [2.75, 3.05) is 6.61 Å². The molecular weight excluding hydrogens is 494 g/mol. The van der Waals surface area contributed by atoms with Crippen molar-refractivity contribution < 1.29 is 9.53 Å². The first-order chi connectivity index (χ1) is 18.5. The van der Waals surface area contributed by atoms with Gasteiger partial charge in [-0.05, 0) is 61.4 Å². The molecule has 0 bridgehead atoms. The van der Waals surface area contributed by atoms with Crippen molar-refractivity contribution in [2.45, 2.75) is 58.9 Å². The number of aromatic nitrogens is 1. The molecule has 0 saturated carbocycles. The summed E-state index contributed by atoms with van der Waals surface area (Å²) in [7, 11) is 0. The fourth-order valence-corrected chi connectivity index (χ4v) is 5.64. The predicted molar refractivity (Wildman–Crippen MR) is 157 cm³/mol. The van der Waals surface area contributed by atoms with E-state index in [4.69, 9.17) is 10.1 Å². The number of rotatable bonds is 11. The largest absolute Gasteiger partial charge is 0.492 e. The second-order valence-corrected chi connectivity index (χ2v) is 10.7. The number of hydrogen-bond donors (Lipinski definition) is 1. The van der Waals surface area contributed by atoms with Crippen LogP contribution in [0.3, 0.4) is 0 Å². The van der Waals surface area contributed by atoms with Crippen LogP contribution in [0.1, 0.15) is 56.6 Å². The number of amidine groups is 2. The number of para-hydroxylation sites is 1. The number of benzene rings is 2. The summed E-state index contributed by atoms with van der Waals surface area (Å²) in [6, 6.07) is 16.1. The first kappa shape index (κ1) is 26.0. The van der Waals surface area contributed by atoms with Gasteiger partial charge in [-0.15, -0.1) is 0 Å². The molecule has 3 aromatic rings. The summed E-state index contributed by atoms with van der Waals surface area (Å²) in [5, 5.41) is 17.3. The summed E-state index contributed by atoms with van der Waals surface area (Å²) in [4.78, 5) is 17.2. The van der Waals surface area contributed by atoms with E-state index in [2.05, 4.69) is 27.7 Å². The van der Waals surface area contributed by atoms with Crippen LogP contribution in [-0.4, -0.2) is 38.1 Å². The van der Waals surface area contributed by atoms with E-state index in [1.807, 2.05) is 55.6 Å². The molecule has 1 N–H and O–H groups in total. The molecule has 0 spiro atoms. The molecule has 0 unspecified atom stereocenters. The summed E-state index contributed by atoms with van der Waals surface area (Å²) in [5.41, 5.74) is 3.33. The molecule has 3 heterocycles. The molecule has 38 heavy (non-hydrogen) atoms. The minimum Gasteiger partial charge on any atom is -0.492 e. The second-order valence-electron chi connectivity index (χ2n) is 9.64. The third kappa shape index (κ3) is 5.75. The lowest BCUT2D eigenvalue weighted by molar-refractivity contribution is -0.114. The number of aryl methyl sites for hydroxylation is 1. The third-order valence-corrected chi connectivity index (χ3v) is 7.67. The van der Waals surface area contributed by atoms with Crippen molar-refractivity contribution in [1.82, 2.24) is 9.58 Å². The van der Waals surface area contributed by atoms with E-state index in [9.17, 15) is 4.79 Å². The van der Waals surface area contributed by atoms with Crippen LogP contribution in [-0.2, 0) is 11.3 Å². The zero-order chi connectivity index (χ0) is 26.5. The Bertz CT molecular complexity index is 1450. The second kappa shape index (κ2) is 11.8. The molecule has 7 nitrogen and oxygen atoms in total. The Morgan fingerprint density at radius 1 is 1.08 bits per heavy atom. The predicted octanol–water partition coefficient (Wildman–Crippen LogP) is 7.01. The highest BCUT2D eigenvalue weighted by atomic mass is 32.2. The Labute approximate surface area is 227 Å². The number of carbonyl (C=O) groups is 1. The van der Waals surface area contributed by atoms with E-state index in [-0.39, 0.29) is 11.4 Å². The highest BCUT2D eigenvalue weighted by Crippen LogP contribution is 2.31. The van der Waals surface area contributed by atoms with Crippen LogP contribution in [0.2, 0.25) is 0 Å². The van der Waals surface area contributed by atoms with Crippen molar-refractivity contribution in [1.29, 1.82) is 5.41 Å². The zero-order valence-corrected chi connectivity index (χ0v) is 22.8. The van der Waals surface area contributed by atoms with Crippen molar-refractivity contribution in [3.8, 4) is 5.75 Å². The Balaban J connectivity index is 1.33. The number of nitrogens with zero attached hydrogens (tertiary/aromatic N) is 4. The molecule has 2 aliphatic heterocycles. The van der Waals surface area contributed by atoms with Crippen molar-refractivity contribution in [3.05, 3.63) is 71.4 Å². The number of nitrogens with one attached hydrogen (secondary N) is 1. The normalized spacial score (nSPS) is 16.3. The quantitative estimate of drug-likeness (QED) is 0.215. The van der Waals surface area contributed by atoms with Gasteiger partial charge in [-0.25, -0.2) is 0 Å². The maximum absolute atomic E-state index is 13.0. The van der Waals surface area contributed by atoms with Gasteiger partial charge in [-0.1, -0.05) is 62.9 Å². The number of fused-ring (bicyclic) bond motifs is 2. The Kier molecular flexibility index (Phi) is 8.08. The standard InChI is InChI=1S/C30H33N5O2S/c1-3-4-5-6-7-15-27-33-35-28(31)25(29(36)32-30(35)38-27)19-22-20-34(26-14-9-8-13-24(22)26)16-17-37-23-12-10-11-21(2)18-23/h8-14,18-20,31H,3-7,15-17H2,1-2H3/b25-19-,31-28?. The summed E-state index contributed by atoms with van der Waals surface area (Å²) >= 11 is 1.41. The van der Waals surface area contributed by atoms with Crippen molar-refractivity contribution in [3.63, 3.8) is 0 Å². The molecule has 0 aliphatic carbocycles. The number of aliphatic imine (C=N–C) groups is 1. The SMILES string of the molecule is CCCCCCCC1=NN2C(=N)/C(=C/c3cn(CCOc4cccc(C)c4)c4ccccc34)C(=O)N=C2S1. The van der Waals surface area contributed by atoms with Crippen molar-refractivity contribution in [2.24, 2.45) is 10.1 Å². The lowest BCUT2D eigenvalue weighted by Gasteiger charge is -2.20. The first-order valence-corrected chi connectivity index (χ1v) is 14.1. The molecule has 0 radical (unpaired) electrons. The lowest BCUT2D eigenvalue weighted by atomic mass is 10.1. The lowest BCUT2D eigenvalue weighted by Crippen LogP contribution is -2.35. The minimum absolute atomic E-state index is 0.0769. The molecule has 5 rings (SSSR count). The van der Waals surface area contributed by atoms with Gasteiger partial charge in [0, 0.05) is 22.7 Å². The third-order valence-electron chi connectivity index (χ3n) is 6.70. The Hall–Kier alpha value is -3.65. The van der Waals surface area contributed by atoms with E-state index in [0.29, 0.717) is 18.3 Å². The van der Waals surface area contributed by atoms with Crippen LogP contribution in [0.25, 0.3) is 17.0 Å². The molecule has 1 aromatic heterocycles. The molecule has 2 aromatic carbocycles. The van der Waals surface area contributed by atoms with Gasteiger partial charge in [0.15, 0.2) is 5.84 Å². The van der Waals surface area contributed by atoms with Crippen molar-refractivity contribution >= 4 is 50.7 Å². The molecule has 1 amide bonds. The number of carbonyl (C=O) groups excluding carboxylic acids is 1. The van der Waals surface area contributed by atoms with E-state index in [1.54, 1.807) is 6.08 Å². The summed E-state index contributed by atoms with van der Waals surface area (Å²) < 4.78 is 8.10. The van der Waals surface area contributed by atoms with Crippen LogP contribution in [0.15, 0.2) is 70.4 Å². The van der Waals surface area contributed by atoms with Gasteiger partial charge in [0.05, 0.1) is 12.1 Å². The Morgan fingerprint density at radius 2 is 1.92 bits per heavy atom. The number of hydrazone groups is 1. The fourth-order valence-electron chi connectivity index (χ4n) is 4.71. The maximum atomic E-state index is 13.0. The number of amides is 1. The average molecular weight is 528 g/mol. The molecule has 0 saturated heterocycles. The van der Waals surface area contributed by atoms with E-state index in [0.717, 1.165) is 45.7 Å². The first-order valence-electron chi connectivity index (χ1n) is 13.3. The molecule has 196 valence electrons. The highest BCUT2D eigenvalue weighted by Gasteiger charge is 2.35. The van der Waals surface area contributed by atoms with Crippen LogP contribution in [0.4, 0.5) is 0 Å². The number of ether oxygens (including phenoxy) is 1. The molecule has 2 aliphatic rings. The van der Waals surface area contributed by atoms with E-state index >= 15 is 0 Å². The smallest absolute Gasteiger partial charge is 0.283 e. The maximum Gasteiger partial charge on any atom is 0.283 e. The molecular formula is C30H33N5O2S. The van der Waals surface area contributed by atoms with Gasteiger partial charge in [0.1, 0.15) is 17.4 Å². The topological polar surface area (TPSA) is 83.0 Å². The molecule has 8 heteroatoms. The fraction of sp³-hybridized carbons (Fsp3) is 0.333. The Morgan fingerprint density at radius 3 is 2.76 bits per heavy atom. The van der Waals surface area contributed by atoms with Crippen LogP contribution < -0.4 is 4.74 Å². The van der Waals surface area contributed by atoms with Crippen LogP contribution >= 0.6 is 11.8 Å². The summed E-state index contributed by atoms with van der Waals surface area (Å²) in [6.45, 7) is 5.42. The van der Waals surface area contributed by atoms with Gasteiger partial charge < -0.3 is 9.30 Å². The number of thioether (sulfide) groups is 1. The van der Waals surface area contributed by atoms with Gasteiger partial charge in [0.25, 0.3) is 5.91 Å². The van der Waals surface area contributed by atoms with Gasteiger partial charge in [-0.2, -0.15) is 15.1 Å². The number of unbranched alkanes of at least 4 members (excludes halogenated alkanes) is 4. The van der Waals surface area contributed by atoms with Gasteiger partial charge in [0.2, 0.25) is 5.17 Å². The minimum atomic E-state index is -0.396. The van der Waals surface area contributed by atoms with Gasteiger partial charge >= 0.3 is 0 Å². The van der Waals surface area contributed by atoms with Crippen LogP contribution in [0.5, 0.6) is 5.75 Å². The zero-order valence-electron chi connectivity index (χ0n) is 21.9. The van der Waals surface area contributed by atoms with Crippen LogP contribution in [0, 0.1) is 12.3 Å². The van der Waals surface area contributed by atoms with E-state index < -0.39 is 5.91 Å². The summed E-state index contributed by atoms with van der Waals surface area (Å²) in [6.07, 6.45) is 10.6. The van der Waals surface area contributed by atoms with E-state index in [1.165, 1.54) is 42.5 Å². The monoisotopic (exact) mass is 527 g/mol. The molecule has 0 atom stereocenters. The van der Waals surface area contributed by atoms with Gasteiger partial charge in [-0.3, -0.25) is 10.2 Å². The highest BCUT2D eigenvalue weighted by molar-refractivity contribution is 8.26. The number of hydrogen-bond acceptors (Lipinski definition) is 5. The molecule has 0 fully saturated rings.